The number of aliphatic carboxylic acids is 1. The highest BCUT2D eigenvalue weighted by Crippen LogP contribution is 2.16. The molecule has 0 heterocycles. The molecule has 0 atom stereocenters. The molecule has 0 unspecified atom stereocenters. The van der Waals surface area contributed by atoms with Gasteiger partial charge in [-0.2, -0.15) is 0 Å². The van der Waals surface area contributed by atoms with E-state index in [1.807, 2.05) is 0 Å². The van der Waals surface area contributed by atoms with Crippen molar-refractivity contribution in [1.29, 1.82) is 0 Å². The van der Waals surface area contributed by atoms with Crippen LogP contribution in [0.1, 0.15) is 10.4 Å². The molecule has 0 fully saturated rings. The number of carboxylic acids is 1. The highest BCUT2D eigenvalue weighted by molar-refractivity contribution is 6.16. The molecule has 0 radical (unpaired) electrons. The Morgan fingerprint density at radius 3 is 2.67 bits per heavy atom. The number of halogens is 1. The summed E-state index contributed by atoms with van der Waals surface area (Å²) in [7, 11) is 0. The van der Waals surface area contributed by atoms with Gasteiger partial charge < -0.3 is 14.7 Å². The van der Waals surface area contributed by atoms with Crippen LogP contribution in [-0.4, -0.2) is 23.6 Å². The number of rotatable bonds is 4. The van der Waals surface area contributed by atoms with E-state index in [2.05, 4.69) is 9.61 Å². The summed E-state index contributed by atoms with van der Waals surface area (Å²) in [5, 5.41) is 11.0. The Bertz CT molecular complexity index is 380. The lowest BCUT2D eigenvalue weighted by molar-refractivity contribution is -0.134. The number of carbonyl (C=O) groups is 2. The first-order valence-corrected chi connectivity index (χ1v) is 4.33. The van der Waals surface area contributed by atoms with E-state index < -0.39 is 11.9 Å². The SMILES string of the molecule is O=C(O)CNc1ccccc1C(=O)OCl. The van der Waals surface area contributed by atoms with Gasteiger partial charge >= 0.3 is 11.9 Å². The minimum atomic E-state index is -1.02. The third kappa shape index (κ3) is 3.14. The first-order valence-electron chi connectivity index (χ1n) is 4.02. The molecule has 2 N–H and O–H groups in total. The number of hydrogen-bond acceptors (Lipinski definition) is 4. The molecule has 15 heavy (non-hydrogen) atoms. The molecule has 80 valence electrons. The Hall–Kier alpha value is -1.75. The maximum absolute atomic E-state index is 11.1. The number of anilines is 1. The van der Waals surface area contributed by atoms with Crippen molar-refractivity contribution in [3.8, 4) is 0 Å². The van der Waals surface area contributed by atoms with Crippen molar-refractivity contribution in [1.82, 2.24) is 0 Å². The van der Waals surface area contributed by atoms with Gasteiger partial charge in [0.2, 0.25) is 0 Å². The van der Waals surface area contributed by atoms with Crippen molar-refractivity contribution in [2.75, 3.05) is 11.9 Å². The average molecular weight is 230 g/mol. The van der Waals surface area contributed by atoms with Crippen LogP contribution in [0.3, 0.4) is 0 Å². The van der Waals surface area contributed by atoms with Crippen LogP contribution in [0.15, 0.2) is 24.3 Å². The van der Waals surface area contributed by atoms with Gasteiger partial charge in [-0.1, -0.05) is 12.1 Å². The van der Waals surface area contributed by atoms with Crippen LogP contribution in [0, 0.1) is 0 Å². The summed E-state index contributed by atoms with van der Waals surface area (Å²) in [6.07, 6.45) is 0. The van der Waals surface area contributed by atoms with Gasteiger partial charge in [0.1, 0.15) is 18.4 Å². The van der Waals surface area contributed by atoms with Crippen molar-refractivity contribution >= 4 is 29.5 Å². The molecule has 0 aliphatic heterocycles. The van der Waals surface area contributed by atoms with Crippen LogP contribution < -0.4 is 5.32 Å². The lowest BCUT2D eigenvalue weighted by Gasteiger charge is -2.07. The van der Waals surface area contributed by atoms with E-state index in [0.717, 1.165) is 0 Å². The summed E-state index contributed by atoms with van der Waals surface area (Å²) in [4.78, 5) is 21.5. The molecule has 0 aliphatic rings. The van der Waals surface area contributed by atoms with E-state index in [4.69, 9.17) is 17.0 Å². The van der Waals surface area contributed by atoms with E-state index in [1.54, 1.807) is 18.2 Å². The molecule has 1 aromatic rings. The van der Waals surface area contributed by atoms with Crippen LogP contribution in [0.2, 0.25) is 0 Å². The maximum Gasteiger partial charge on any atom is 0.358 e. The molecule has 1 aromatic carbocycles. The molecule has 1 rings (SSSR count). The predicted molar refractivity (Wildman–Crippen MR) is 53.8 cm³/mol. The Morgan fingerprint density at radius 2 is 2.07 bits per heavy atom. The van der Waals surface area contributed by atoms with Gasteiger partial charge in [-0.05, 0) is 12.1 Å². The van der Waals surface area contributed by atoms with Crippen LogP contribution >= 0.6 is 11.9 Å². The van der Waals surface area contributed by atoms with E-state index >= 15 is 0 Å². The number of benzene rings is 1. The van der Waals surface area contributed by atoms with Gasteiger partial charge in [0.15, 0.2) is 0 Å². The summed E-state index contributed by atoms with van der Waals surface area (Å²) < 4.78 is 4.03. The minimum absolute atomic E-state index is 0.189. The topological polar surface area (TPSA) is 75.6 Å². The van der Waals surface area contributed by atoms with E-state index in [0.29, 0.717) is 5.69 Å². The fourth-order valence-corrected chi connectivity index (χ4v) is 1.11. The van der Waals surface area contributed by atoms with Gasteiger partial charge in [-0.3, -0.25) is 4.79 Å². The fraction of sp³-hybridized carbons (Fsp3) is 0.111. The van der Waals surface area contributed by atoms with Crippen LogP contribution in [0.25, 0.3) is 0 Å². The maximum atomic E-state index is 11.1. The van der Waals surface area contributed by atoms with Gasteiger partial charge in [0.25, 0.3) is 0 Å². The third-order valence-electron chi connectivity index (χ3n) is 1.65. The Morgan fingerprint density at radius 1 is 1.40 bits per heavy atom. The molecule has 6 heteroatoms. The summed E-state index contributed by atoms with van der Waals surface area (Å²) in [6, 6.07) is 6.32. The zero-order valence-electron chi connectivity index (χ0n) is 7.57. The van der Waals surface area contributed by atoms with E-state index in [9.17, 15) is 9.59 Å². The van der Waals surface area contributed by atoms with E-state index in [1.165, 1.54) is 6.07 Å². The second-order valence-corrected chi connectivity index (χ2v) is 2.81. The summed E-state index contributed by atoms with van der Waals surface area (Å²) in [5.74, 6) is -1.76. The minimum Gasteiger partial charge on any atom is -0.480 e. The smallest absolute Gasteiger partial charge is 0.358 e. The molecule has 0 saturated heterocycles. The van der Waals surface area contributed by atoms with Gasteiger partial charge in [0, 0.05) is 5.69 Å². The summed E-state index contributed by atoms with van der Waals surface area (Å²) >= 11 is 4.93. The largest absolute Gasteiger partial charge is 0.480 e. The molecule has 0 spiro atoms. The van der Waals surface area contributed by atoms with Crippen LogP contribution in [-0.2, 0) is 9.08 Å². The molecule has 0 aliphatic carbocycles. The van der Waals surface area contributed by atoms with Crippen molar-refractivity contribution in [2.24, 2.45) is 0 Å². The Labute approximate surface area is 90.8 Å². The second kappa shape index (κ2) is 5.21. The van der Waals surface area contributed by atoms with Gasteiger partial charge in [0.05, 0.1) is 5.56 Å². The van der Waals surface area contributed by atoms with Gasteiger partial charge in [-0.15, -0.1) is 0 Å². The lowest BCUT2D eigenvalue weighted by atomic mass is 10.2. The van der Waals surface area contributed by atoms with Crippen molar-refractivity contribution in [3.63, 3.8) is 0 Å². The second-order valence-electron chi connectivity index (χ2n) is 2.66. The van der Waals surface area contributed by atoms with Gasteiger partial charge in [-0.25, -0.2) is 4.79 Å². The Kier molecular flexibility index (Phi) is 3.93. The molecule has 0 amide bonds. The first kappa shape index (κ1) is 11.3. The van der Waals surface area contributed by atoms with E-state index in [-0.39, 0.29) is 12.1 Å². The normalized spacial score (nSPS) is 9.40. The predicted octanol–water partition coefficient (Wildman–Crippen LogP) is 1.49. The molecular formula is C9H8ClNO4. The third-order valence-corrected chi connectivity index (χ3v) is 1.79. The highest BCUT2D eigenvalue weighted by atomic mass is 35.5. The monoisotopic (exact) mass is 229 g/mol. The number of carbonyl (C=O) groups excluding carboxylic acids is 1. The molecule has 0 bridgehead atoms. The first-order chi connectivity index (χ1) is 7.15. The van der Waals surface area contributed by atoms with Crippen molar-refractivity contribution in [3.05, 3.63) is 29.8 Å². The standard InChI is InChI=1S/C9H8ClNO4/c10-15-9(14)6-3-1-2-4-7(6)11-5-8(12)13/h1-4,11H,5H2,(H,12,13). The molecule has 0 saturated carbocycles. The zero-order chi connectivity index (χ0) is 11.3. The number of para-hydroxylation sites is 1. The van der Waals surface area contributed by atoms with Crippen molar-refractivity contribution < 1.29 is 19.0 Å². The number of nitrogens with one attached hydrogen (secondary N) is 1. The number of hydrogen-bond donors (Lipinski definition) is 2. The Balaban J connectivity index is 2.86. The van der Waals surface area contributed by atoms with Crippen LogP contribution in [0.5, 0.6) is 0 Å². The average Bonchev–Trinajstić information content (AvgIpc) is 2.25. The summed E-state index contributed by atoms with van der Waals surface area (Å²) in [6.45, 7) is -0.285. The zero-order valence-corrected chi connectivity index (χ0v) is 8.32. The number of carboxylic acid groups (broad SMARTS) is 1. The molecular weight excluding hydrogens is 222 g/mol. The quantitative estimate of drug-likeness (QED) is 0.818. The molecule has 0 aromatic heterocycles. The van der Waals surface area contributed by atoms with Crippen molar-refractivity contribution in [2.45, 2.75) is 0 Å². The fourth-order valence-electron chi connectivity index (χ4n) is 1.03. The summed E-state index contributed by atoms with van der Waals surface area (Å²) in [5.41, 5.74) is 0.555. The lowest BCUT2D eigenvalue weighted by Crippen LogP contribution is -2.14. The van der Waals surface area contributed by atoms with Crippen LogP contribution in [0.4, 0.5) is 5.69 Å². The highest BCUT2D eigenvalue weighted by Gasteiger charge is 2.12. The molecule has 5 nitrogen and oxygen atoms in total.